The van der Waals surface area contributed by atoms with Crippen LogP contribution >= 0.6 is 12.6 Å². The molecule has 1 atom stereocenters. The summed E-state index contributed by atoms with van der Waals surface area (Å²) < 4.78 is 20.1. The first-order valence-corrected chi connectivity index (χ1v) is 25.8. The standard InChI is InChI=1S/C45H94O3SSi/c1-4-7-10-13-16-19-22-24-25-27-30-33-36-39-43-48-50(45-40-44-49,46-41-37-34-31-28-21-18-15-12-9-6-3)47-42-38-35-32-29-26-23-20-17-14-11-8-5-2/h49H,4-45H2,1-3H3. The Kier molecular flexibility index (Phi) is 44.2. The second-order valence-corrected chi connectivity index (χ2v) is 18.9. The lowest BCUT2D eigenvalue weighted by Crippen LogP contribution is -2.46. The predicted molar refractivity (Wildman–Crippen MR) is 230 cm³/mol. The van der Waals surface area contributed by atoms with Crippen LogP contribution < -0.4 is 0 Å². The Labute approximate surface area is 323 Å². The van der Waals surface area contributed by atoms with Gasteiger partial charge in [0.25, 0.3) is 0 Å². The van der Waals surface area contributed by atoms with Crippen LogP contribution in [0.5, 0.6) is 0 Å². The zero-order valence-corrected chi connectivity index (χ0v) is 36.8. The topological polar surface area (TPSA) is 27.7 Å². The van der Waals surface area contributed by atoms with E-state index in [2.05, 4.69) is 33.4 Å². The molecule has 0 aromatic carbocycles. The fourth-order valence-electron chi connectivity index (χ4n) is 7.15. The first kappa shape index (κ1) is 50.4. The van der Waals surface area contributed by atoms with Crippen LogP contribution in [0.3, 0.4) is 0 Å². The van der Waals surface area contributed by atoms with E-state index in [4.69, 9.17) is 13.3 Å². The van der Waals surface area contributed by atoms with E-state index in [0.29, 0.717) is 0 Å². The van der Waals surface area contributed by atoms with Crippen molar-refractivity contribution in [2.45, 2.75) is 264 Å². The maximum Gasteiger partial charge on any atom is 0.500 e. The monoisotopic (exact) mass is 743 g/mol. The maximum atomic E-state index is 6.70. The summed E-state index contributed by atoms with van der Waals surface area (Å²) in [6.07, 6.45) is 50.3. The van der Waals surface area contributed by atoms with Gasteiger partial charge in [0.05, 0.1) is 0 Å². The van der Waals surface area contributed by atoms with Gasteiger partial charge in [0, 0.05) is 25.9 Å². The van der Waals surface area contributed by atoms with Crippen LogP contribution in [-0.2, 0) is 13.3 Å². The van der Waals surface area contributed by atoms with Crippen LogP contribution in [0, 0.1) is 0 Å². The second kappa shape index (κ2) is 43.8. The molecule has 0 amide bonds. The molecule has 1 unspecified atom stereocenters. The van der Waals surface area contributed by atoms with Crippen molar-refractivity contribution in [1.82, 2.24) is 0 Å². The number of hydrogen-bond acceptors (Lipinski definition) is 4. The van der Waals surface area contributed by atoms with Crippen LogP contribution in [0.1, 0.15) is 258 Å². The Bertz CT molecular complexity index is 609. The van der Waals surface area contributed by atoms with Crippen LogP contribution in [0.25, 0.3) is 0 Å². The summed E-state index contributed by atoms with van der Waals surface area (Å²) in [6.45, 7) is 9.30. The highest BCUT2D eigenvalue weighted by Crippen LogP contribution is 2.22. The van der Waals surface area contributed by atoms with Crippen LogP contribution in [0.2, 0.25) is 6.04 Å². The van der Waals surface area contributed by atoms with Gasteiger partial charge < -0.3 is 13.3 Å². The van der Waals surface area contributed by atoms with Crippen molar-refractivity contribution < 1.29 is 13.3 Å². The minimum atomic E-state index is -2.66. The van der Waals surface area contributed by atoms with Gasteiger partial charge in [-0.1, -0.05) is 233 Å². The van der Waals surface area contributed by atoms with E-state index in [1.807, 2.05) is 0 Å². The van der Waals surface area contributed by atoms with Crippen LogP contribution in [-0.4, -0.2) is 34.4 Å². The highest BCUT2D eigenvalue weighted by Gasteiger charge is 2.40. The number of thiol groups is 1. The molecular formula is C45H94O3SSi. The van der Waals surface area contributed by atoms with Crippen LogP contribution in [0.4, 0.5) is 0 Å². The van der Waals surface area contributed by atoms with Crippen molar-refractivity contribution in [2.75, 3.05) is 25.6 Å². The number of rotatable bonds is 45. The summed E-state index contributed by atoms with van der Waals surface area (Å²) in [5, 5.41) is 0. The largest absolute Gasteiger partial charge is 0.500 e. The van der Waals surface area contributed by atoms with Gasteiger partial charge in [-0.3, -0.25) is 0 Å². The maximum absolute atomic E-state index is 6.70. The Morgan fingerprint density at radius 2 is 0.480 bits per heavy atom. The zero-order valence-electron chi connectivity index (χ0n) is 34.9. The molecule has 5 heteroatoms. The summed E-state index contributed by atoms with van der Waals surface area (Å²) >= 11 is 4.57. The lowest BCUT2D eigenvalue weighted by molar-refractivity contribution is 0.0551. The highest BCUT2D eigenvalue weighted by atomic mass is 32.1. The molecule has 0 N–H and O–H groups in total. The van der Waals surface area contributed by atoms with Crippen molar-refractivity contribution in [3.8, 4) is 0 Å². The number of hydrogen-bond donors (Lipinski definition) is 1. The SMILES string of the molecule is CCCCCCCCCCCCCCCCO[Si](CCCS)(OCCCCCCCCCCCC)OCCCCCCCCCCCCCC. The summed E-state index contributed by atoms with van der Waals surface area (Å²) in [5.74, 6) is 0.876. The average Bonchev–Trinajstić information content (AvgIpc) is 3.13. The Morgan fingerprint density at radius 1 is 0.280 bits per heavy atom. The van der Waals surface area contributed by atoms with Gasteiger partial charge in [-0.15, -0.1) is 0 Å². The van der Waals surface area contributed by atoms with Gasteiger partial charge >= 0.3 is 8.80 Å². The predicted octanol–water partition coefficient (Wildman–Crippen LogP) is 16.4. The smallest absolute Gasteiger partial charge is 0.373 e. The summed E-state index contributed by atoms with van der Waals surface area (Å²) in [6, 6.07) is 0.922. The first-order valence-electron chi connectivity index (χ1n) is 23.3. The molecule has 0 aliphatic carbocycles. The third-order valence-corrected chi connectivity index (χ3v) is 13.8. The molecule has 0 spiro atoms. The van der Waals surface area contributed by atoms with Gasteiger partial charge in [-0.2, -0.15) is 12.6 Å². The fourth-order valence-corrected chi connectivity index (χ4v) is 10.3. The third kappa shape index (κ3) is 38.2. The van der Waals surface area contributed by atoms with Crippen molar-refractivity contribution in [1.29, 1.82) is 0 Å². The average molecular weight is 743 g/mol. The van der Waals surface area contributed by atoms with E-state index in [1.165, 1.54) is 212 Å². The third-order valence-electron chi connectivity index (χ3n) is 10.6. The molecule has 0 heterocycles. The highest BCUT2D eigenvalue weighted by molar-refractivity contribution is 7.80. The van der Waals surface area contributed by atoms with E-state index in [1.54, 1.807) is 0 Å². The lowest BCUT2D eigenvalue weighted by Gasteiger charge is -2.30. The molecular weight excluding hydrogens is 649 g/mol. The van der Waals surface area contributed by atoms with Gasteiger partial charge in [0.15, 0.2) is 0 Å². The molecule has 0 aliphatic rings. The van der Waals surface area contributed by atoms with Gasteiger partial charge in [0.2, 0.25) is 0 Å². The van der Waals surface area contributed by atoms with Gasteiger partial charge in [0.1, 0.15) is 0 Å². The Morgan fingerprint density at radius 3 is 0.680 bits per heavy atom. The van der Waals surface area contributed by atoms with Crippen molar-refractivity contribution in [3.63, 3.8) is 0 Å². The fraction of sp³-hybridized carbons (Fsp3) is 1.00. The van der Waals surface area contributed by atoms with E-state index in [9.17, 15) is 0 Å². The summed E-state index contributed by atoms with van der Waals surface area (Å²) in [4.78, 5) is 0. The normalized spacial score (nSPS) is 13.0. The quantitative estimate of drug-likeness (QED) is 0.0382. The zero-order chi connectivity index (χ0) is 36.3. The van der Waals surface area contributed by atoms with Gasteiger partial charge in [-0.05, 0) is 31.4 Å². The van der Waals surface area contributed by atoms with E-state index in [-0.39, 0.29) is 0 Å². The molecule has 0 aromatic heterocycles. The minimum absolute atomic E-state index is 0.798. The Hall–Kier alpha value is 0.447. The van der Waals surface area contributed by atoms with Gasteiger partial charge in [-0.25, -0.2) is 0 Å². The second-order valence-electron chi connectivity index (χ2n) is 15.7. The van der Waals surface area contributed by atoms with Crippen molar-refractivity contribution in [2.24, 2.45) is 0 Å². The molecule has 302 valence electrons. The first-order chi connectivity index (χ1) is 24.7. The minimum Gasteiger partial charge on any atom is -0.373 e. The molecule has 0 saturated heterocycles. The number of unbranched alkanes of at least 4 members (excludes halogenated alkanes) is 33. The van der Waals surface area contributed by atoms with Crippen LogP contribution in [0.15, 0.2) is 0 Å². The molecule has 50 heavy (non-hydrogen) atoms. The van der Waals surface area contributed by atoms with E-state index in [0.717, 1.165) is 57.3 Å². The summed E-state index contributed by atoms with van der Waals surface area (Å²) in [7, 11) is -2.66. The molecule has 0 aromatic rings. The molecule has 0 fully saturated rings. The van der Waals surface area contributed by atoms with E-state index < -0.39 is 8.80 Å². The molecule has 0 radical (unpaired) electrons. The van der Waals surface area contributed by atoms with Crippen molar-refractivity contribution in [3.05, 3.63) is 0 Å². The molecule has 0 saturated carbocycles. The molecule has 3 nitrogen and oxygen atoms in total. The summed E-state index contributed by atoms with van der Waals surface area (Å²) in [5.41, 5.74) is 0. The Balaban J connectivity index is 4.41. The molecule has 0 aliphatic heterocycles. The van der Waals surface area contributed by atoms with Crippen molar-refractivity contribution >= 4 is 21.4 Å². The molecule has 0 rings (SSSR count). The van der Waals surface area contributed by atoms with E-state index >= 15 is 0 Å². The lowest BCUT2D eigenvalue weighted by atomic mass is 10.0. The molecule has 0 bridgehead atoms.